The Morgan fingerprint density at radius 1 is 1.13 bits per heavy atom. The lowest BCUT2D eigenvalue weighted by Crippen LogP contribution is -2.16. The van der Waals surface area contributed by atoms with Crippen molar-refractivity contribution in [1.29, 1.82) is 0 Å². The molecule has 0 fully saturated rings. The number of pyridine rings is 1. The first-order chi connectivity index (χ1) is 14.5. The SMILES string of the molecule is CCOC(=O)c1sc2nc(C(C)C)c3c(c2c1NC(=O)c1ccccc1)CCCC3. The smallest absolute Gasteiger partial charge is 0.350 e. The van der Waals surface area contributed by atoms with E-state index in [2.05, 4.69) is 19.2 Å². The maximum absolute atomic E-state index is 13.0. The number of thiophene rings is 1. The van der Waals surface area contributed by atoms with Crippen molar-refractivity contribution < 1.29 is 14.3 Å². The highest BCUT2D eigenvalue weighted by Gasteiger charge is 2.28. The van der Waals surface area contributed by atoms with Crippen LogP contribution in [0.25, 0.3) is 10.2 Å². The van der Waals surface area contributed by atoms with E-state index in [-0.39, 0.29) is 12.5 Å². The number of hydrogen-bond donors (Lipinski definition) is 1. The fourth-order valence-electron chi connectivity index (χ4n) is 4.13. The van der Waals surface area contributed by atoms with Crippen LogP contribution in [0.2, 0.25) is 0 Å². The van der Waals surface area contributed by atoms with Crippen LogP contribution in [0.5, 0.6) is 0 Å². The van der Waals surface area contributed by atoms with Gasteiger partial charge in [-0.25, -0.2) is 9.78 Å². The van der Waals surface area contributed by atoms with Crippen molar-refractivity contribution in [2.75, 3.05) is 11.9 Å². The first kappa shape index (κ1) is 20.5. The topological polar surface area (TPSA) is 68.3 Å². The lowest BCUT2D eigenvalue weighted by Gasteiger charge is -2.22. The largest absolute Gasteiger partial charge is 0.462 e. The molecule has 0 bridgehead atoms. The van der Waals surface area contributed by atoms with Gasteiger partial charge in [-0.2, -0.15) is 0 Å². The van der Waals surface area contributed by atoms with E-state index >= 15 is 0 Å². The third kappa shape index (κ3) is 3.72. The second kappa shape index (κ2) is 8.56. The zero-order valence-corrected chi connectivity index (χ0v) is 18.4. The predicted molar refractivity (Wildman–Crippen MR) is 121 cm³/mol. The number of anilines is 1. The maximum Gasteiger partial charge on any atom is 0.350 e. The number of carbonyl (C=O) groups is 2. The number of nitrogens with one attached hydrogen (secondary N) is 1. The Kier molecular flexibility index (Phi) is 5.86. The molecule has 0 saturated heterocycles. The number of amides is 1. The van der Waals surface area contributed by atoms with Crippen LogP contribution in [0.4, 0.5) is 5.69 Å². The summed E-state index contributed by atoms with van der Waals surface area (Å²) in [6, 6.07) is 9.04. The lowest BCUT2D eigenvalue weighted by atomic mass is 9.86. The summed E-state index contributed by atoms with van der Waals surface area (Å²) in [6.45, 7) is 6.37. The van der Waals surface area contributed by atoms with Crippen molar-refractivity contribution in [3.63, 3.8) is 0 Å². The van der Waals surface area contributed by atoms with Crippen LogP contribution in [0.1, 0.15) is 76.4 Å². The number of aryl methyl sites for hydroxylation is 1. The first-order valence-corrected chi connectivity index (χ1v) is 11.3. The second-order valence-corrected chi connectivity index (χ2v) is 8.84. The molecule has 1 N–H and O–H groups in total. The molecule has 156 valence electrons. The molecule has 5 nitrogen and oxygen atoms in total. The number of fused-ring (bicyclic) bond motifs is 3. The Morgan fingerprint density at radius 2 is 1.83 bits per heavy atom. The number of carbonyl (C=O) groups excluding carboxylic acids is 2. The first-order valence-electron chi connectivity index (χ1n) is 10.5. The number of hydrogen-bond acceptors (Lipinski definition) is 5. The summed E-state index contributed by atoms with van der Waals surface area (Å²) in [5.74, 6) is -0.352. The van der Waals surface area contributed by atoms with Gasteiger partial charge >= 0.3 is 5.97 Å². The van der Waals surface area contributed by atoms with Crippen LogP contribution in [0.3, 0.4) is 0 Å². The molecule has 1 amide bonds. The summed E-state index contributed by atoms with van der Waals surface area (Å²) >= 11 is 1.31. The molecular formula is C24H26N2O3S. The average Bonchev–Trinajstić information content (AvgIpc) is 3.12. The molecule has 2 heterocycles. The number of rotatable bonds is 5. The molecule has 6 heteroatoms. The molecule has 4 rings (SSSR count). The highest BCUT2D eigenvalue weighted by atomic mass is 32.1. The van der Waals surface area contributed by atoms with E-state index in [1.54, 1.807) is 19.1 Å². The zero-order chi connectivity index (χ0) is 21.3. The number of benzene rings is 1. The fraction of sp³-hybridized carbons (Fsp3) is 0.375. The van der Waals surface area contributed by atoms with Crippen molar-refractivity contribution in [2.24, 2.45) is 0 Å². The molecule has 30 heavy (non-hydrogen) atoms. The Balaban J connectivity index is 1.92. The molecule has 1 aromatic carbocycles. The summed E-state index contributed by atoms with van der Waals surface area (Å²) in [7, 11) is 0. The van der Waals surface area contributed by atoms with E-state index in [1.165, 1.54) is 22.5 Å². The van der Waals surface area contributed by atoms with Crippen molar-refractivity contribution in [3.05, 3.63) is 57.6 Å². The van der Waals surface area contributed by atoms with Crippen LogP contribution >= 0.6 is 11.3 Å². The van der Waals surface area contributed by atoms with Gasteiger partial charge in [-0.3, -0.25) is 4.79 Å². The number of aromatic nitrogens is 1. The van der Waals surface area contributed by atoms with Gasteiger partial charge in [-0.05, 0) is 61.8 Å². The quantitative estimate of drug-likeness (QED) is 0.533. The molecule has 0 spiro atoms. The average molecular weight is 423 g/mol. The summed E-state index contributed by atoms with van der Waals surface area (Å²) in [6.07, 6.45) is 4.16. The van der Waals surface area contributed by atoms with Crippen molar-refractivity contribution in [3.8, 4) is 0 Å². The van der Waals surface area contributed by atoms with E-state index in [4.69, 9.17) is 9.72 Å². The minimum absolute atomic E-state index is 0.238. The number of esters is 1. The van der Waals surface area contributed by atoms with Gasteiger partial charge in [-0.1, -0.05) is 32.0 Å². The summed E-state index contributed by atoms with van der Waals surface area (Å²) < 4.78 is 5.30. The van der Waals surface area contributed by atoms with Crippen molar-refractivity contribution in [2.45, 2.75) is 52.4 Å². The Morgan fingerprint density at radius 3 is 2.50 bits per heavy atom. The standard InChI is InChI=1S/C24H26N2O3S/c1-4-29-24(28)21-20(25-22(27)15-10-6-5-7-11-15)18-16-12-8-9-13-17(16)19(14(2)3)26-23(18)30-21/h5-7,10-11,14H,4,8-9,12-13H2,1-3H3,(H,25,27). The maximum atomic E-state index is 13.0. The Hall–Kier alpha value is -2.73. The third-order valence-electron chi connectivity index (χ3n) is 5.47. The molecule has 2 aromatic heterocycles. The van der Waals surface area contributed by atoms with Crippen molar-refractivity contribution in [1.82, 2.24) is 4.98 Å². The highest BCUT2D eigenvalue weighted by Crippen LogP contribution is 2.43. The van der Waals surface area contributed by atoms with Gasteiger partial charge in [0.05, 0.1) is 12.3 Å². The normalized spacial score (nSPS) is 13.3. The van der Waals surface area contributed by atoms with Crippen molar-refractivity contribution >= 4 is 39.1 Å². The van der Waals surface area contributed by atoms with Crippen LogP contribution in [-0.4, -0.2) is 23.5 Å². The molecule has 0 saturated carbocycles. The molecular weight excluding hydrogens is 396 g/mol. The van der Waals surface area contributed by atoms with Gasteiger partial charge < -0.3 is 10.1 Å². The minimum atomic E-state index is -0.417. The van der Waals surface area contributed by atoms with Gasteiger partial charge in [0.1, 0.15) is 9.71 Å². The molecule has 1 aliphatic rings. The molecule has 0 aliphatic heterocycles. The van der Waals surface area contributed by atoms with E-state index < -0.39 is 5.97 Å². The Labute approximate surface area is 180 Å². The van der Waals surface area contributed by atoms with Gasteiger partial charge in [0.25, 0.3) is 5.91 Å². The van der Waals surface area contributed by atoms with Gasteiger partial charge in [0, 0.05) is 16.6 Å². The summed E-state index contributed by atoms with van der Waals surface area (Å²) in [5, 5.41) is 3.93. The van der Waals surface area contributed by atoms with E-state index in [0.717, 1.165) is 41.6 Å². The van der Waals surface area contributed by atoms with Crippen LogP contribution in [0.15, 0.2) is 30.3 Å². The predicted octanol–water partition coefficient (Wildman–Crippen LogP) is 5.73. The summed E-state index contributed by atoms with van der Waals surface area (Å²) in [4.78, 5) is 31.9. The zero-order valence-electron chi connectivity index (χ0n) is 17.6. The van der Waals surface area contributed by atoms with Gasteiger partial charge in [0.15, 0.2) is 0 Å². The summed E-state index contributed by atoms with van der Waals surface area (Å²) in [5.41, 5.74) is 4.71. The third-order valence-corrected chi connectivity index (χ3v) is 6.54. The van der Waals surface area contributed by atoms with E-state index in [1.807, 2.05) is 18.2 Å². The molecule has 0 radical (unpaired) electrons. The van der Waals surface area contributed by atoms with Gasteiger partial charge in [0.2, 0.25) is 0 Å². The van der Waals surface area contributed by atoms with Crippen LogP contribution < -0.4 is 5.32 Å². The molecule has 0 atom stereocenters. The number of nitrogens with zero attached hydrogens (tertiary/aromatic N) is 1. The minimum Gasteiger partial charge on any atom is -0.462 e. The van der Waals surface area contributed by atoms with Gasteiger partial charge in [-0.15, -0.1) is 11.3 Å². The van der Waals surface area contributed by atoms with E-state index in [9.17, 15) is 9.59 Å². The lowest BCUT2D eigenvalue weighted by molar-refractivity contribution is 0.0533. The molecule has 0 unspecified atom stereocenters. The van der Waals surface area contributed by atoms with Crippen LogP contribution in [0, 0.1) is 0 Å². The fourth-order valence-corrected chi connectivity index (χ4v) is 5.19. The second-order valence-electron chi connectivity index (χ2n) is 7.84. The monoisotopic (exact) mass is 422 g/mol. The Bertz CT molecular complexity index is 1100. The highest BCUT2D eigenvalue weighted by molar-refractivity contribution is 7.21. The van der Waals surface area contributed by atoms with E-state index in [0.29, 0.717) is 22.0 Å². The molecule has 3 aromatic rings. The van der Waals surface area contributed by atoms with Crippen LogP contribution in [-0.2, 0) is 17.6 Å². The molecule has 1 aliphatic carbocycles. The number of ether oxygens (including phenoxy) is 1.